The summed E-state index contributed by atoms with van der Waals surface area (Å²) in [5.74, 6) is 2.16. The van der Waals surface area contributed by atoms with Gasteiger partial charge in [0, 0.05) is 28.4 Å². The second kappa shape index (κ2) is 9.22. The van der Waals surface area contributed by atoms with E-state index in [0.717, 1.165) is 11.1 Å². The van der Waals surface area contributed by atoms with Gasteiger partial charge in [0.05, 0.1) is 26.8 Å². The quantitative estimate of drug-likeness (QED) is 0.441. The molecule has 2 N–H and O–H groups in total. The highest BCUT2D eigenvalue weighted by Crippen LogP contribution is 2.34. The first-order valence-electron chi connectivity index (χ1n) is 9.80. The average molecular weight is 430 g/mol. The maximum atomic E-state index is 12.6. The SMILES string of the molecule is COc1cccc(C(=O)Nc2cccc(Nc3ncnc4cc(OC)c(OC)cc34)c2)c1. The van der Waals surface area contributed by atoms with E-state index < -0.39 is 0 Å². The van der Waals surface area contributed by atoms with Crippen LogP contribution in [0.3, 0.4) is 0 Å². The number of carbonyl (C=O) groups is 1. The molecule has 0 unspecified atom stereocenters. The summed E-state index contributed by atoms with van der Waals surface area (Å²) in [6, 6.07) is 18.0. The fourth-order valence-corrected chi connectivity index (χ4v) is 3.26. The van der Waals surface area contributed by atoms with E-state index in [1.165, 1.54) is 6.33 Å². The number of carbonyl (C=O) groups excluding carboxylic acids is 1. The molecule has 0 radical (unpaired) electrons. The van der Waals surface area contributed by atoms with Gasteiger partial charge in [-0.05, 0) is 42.5 Å². The van der Waals surface area contributed by atoms with Crippen LogP contribution >= 0.6 is 0 Å². The molecule has 1 heterocycles. The molecule has 0 aliphatic heterocycles. The molecule has 0 bridgehead atoms. The van der Waals surface area contributed by atoms with Crippen LogP contribution in [0.25, 0.3) is 10.9 Å². The number of nitrogens with zero attached hydrogens (tertiary/aromatic N) is 2. The van der Waals surface area contributed by atoms with Gasteiger partial charge in [0.1, 0.15) is 17.9 Å². The fraction of sp³-hybridized carbons (Fsp3) is 0.125. The molecule has 4 aromatic rings. The zero-order valence-corrected chi connectivity index (χ0v) is 17.9. The summed E-state index contributed by atoms with van der Waals surface area (Å²) in [6.45, 7) is 0. The van der Waals surface area contributed by atoms with E-state index in [9.17, 15) is 4.79 Å². The van der Waals surface area contributed by atoms with Crippen molar-refractivity contribution in [3.05, 3.63) is 72.6 Å². The lowest BCUT2D eigenvalue weighted by Gasteiger charge is -2.13. The topological polar surface area (TPSA) is 94.6 Å². The third kappa shape index (κ3) is 4.39. The molecule has 0 aliphatic carbocycles. The maximum Gasteiger partial charge on any atom is 0.255 e. The molecule has 1 amide bonds. The van der Waals surface area contributed by atoms with Crippen LogP contribution in [0.5, 0.6) is 17.2 Å². The highest BCUT2D eigenvalue weighted by Gasteiger charge is 2.12. The maximum absolute atomic E-state index is 12.6. The number of methoxy groups -OCH3 is 3. The van der Waals surface area contributed by atoms with Crippen LogP contribution in [-0.2, 0) is 0 Å². The Labute approximate surface area is 185 Å². The molecule has 0 saturated heterocycles. The fourth-order valence-electron chi connectivity index (χ4n) is 3.26. The number of nitrogens with one attached hydrogen (secondary N) is 2. The minimum atomic E-state index is -0.231. The minimum absolute atomic E-state index is 0.231. The lowest BCUT2D eigenvalue weighted by atomic mass is 10.2. The Morgan fingerprint density at radius 2 is 1.56 bits per heavy atom. The van der Waals surface area contributed by atoms with Gasteiger partial charge in [-0.3, -0.25) is 4.79 Å². The monoisotopic (exact) mass is 430 g/mol. The predicted molar refractivity (Wildman–Crippen MR) is 123 cm³/mol. The third-order valence-corrected chi connectivity index (χ3v) is 4.86. The number of benzene rings is 3. The molecular weight excluding hydrogens is 408 g/mol. The van der Waals surface area contributed by atoms with Crippen LogP contribution in [0.4, 0.5) is 17.2 Å². The van der Waals surface area contributed by atoms with Gasteiger partial charge in [0.25, 0.3) is 5.91 Å². The Bertz CT molecular complexity index is 1280. The van der Waals surface area contributed by atoms with Gasteiger partial charge in [-0.1, -0.05) is 12.1 Å². The van der Waals surface area contributed by atoms with Crippen LogP contribution in [-0.4, -0.2) is 37.2 Å². The summed E-state index contributed by atoms with van der Waals surface area (Å²) in [5, 5.41) is 6.97. The van der Waals surface area contributed by atoms with Gasteiger partial charge in [0.15, 0.2) is 11.5 Å². The molecule has 0 aliphatic rings. The lowest BCUT2D eigenvalue weighted by molar-refractivity contribution is 0.102. The van der Waals surface area contributed by atoms with Crippen molar-refractivity contribution >= 4 is 34.0 Å². The lowest BCUT2D eigenvalue weighted by Crippen LogP contribution is -2.12. The molecule has 8 heteroatoms. The van der Waals surface area contributed by atoms with Crippen LogP contribution in [0, 0.1) is 0 Å². The number of amides is 1. The Kier molecular flexibility index (Phi) is 6.03. The van der Waals surface area contributed by atoms with Gasteiger partial charge in [-0.15, -0.1) is 0 Å². The molecule has 3 aromatic carbocycles. The number of hydrogen-bond donors (Lipinski definition) is 2. The smallest absolute Gasteiger partial charge is 0.255 e. The number of ether oxygens (including phenoxy) is 3. The van der Waals surface area contributed by atoms with Crippen molar-refractivity contribution in [1.29, 1.82) is 0 Å². The largest absolute Gasteiger partial charge is 0.497 e. The first-order chi connectivity index (χ1) is 15.6. The van der Waals surface area contributed by atoms with Crippen molar-refractivity contribution in [2.45, 2.75) is 0 Å². The number of anilines is 3. The highest BCUT2D eigenvalue weighted by molar-refractivity contribution is 6.04. The number of hydrogen-bond acceptors (Lipinski definition) is 7. The van der Waals surface area contributed by atoms with Gasteiger partial charge < -0.3 is 24.8 Å². The second-order valence-electron chi connectivity index (χ2n) is 6.84. The molecule has 162 valence electrons. The molecule has 0 fully saturated rings. The average Bonchev–Trinajstić information content (AvgIpc) is 2.83. The van der Waals surface area contributed by atoms with E-state index in [1.807, 2.05) is 30.3 Å². The van der Waals surface area contributed by atoms with Gasteiger partial charge in [0.2, 0.25) is 0 Å². The van der Waals surface area contributed by atoms with Gasteiger partial charge >= 0.3 is 0 Å². The van der Waals surface area contributed by atoms with Crippen molar-refractivity contribution in [2.75, 3.05) is 32.0 Å². The molecular formula is C24H22N4O4. The van der Waals surface area contributed by atoms with Crippen LogP contribution in [0.2, 0.25) is 0 Å². The van der Waals surface area contributed by atoms with E-state index in [-0.39, 0.29) is 5.91 Å². The second-order valence-corrected chi connectivity index (χ2v) is 6.84. The Hall–Kier alpha value is -4.33. The molecule has 4 rings (SSSR count). The Morgan fingerprint density at radius 1 is 0.812 bits per heavy atom. The van der Waals surface area contributed by atoms with Crippen molar-refractivity contribution in [1.82, 2.24) is 9.97 Å². The van der Waals surface area contributed by atoms with Crippen molar-refractivity contribution in [2.24, 2.45) is 0 Å². The van der Waals surface area contributed by atoms with E-state index in [4.69, 9.17) is 14.2 Å². The molecule has 8 nitrogen and oxygen atoms in total. The normalized spacial score (nSPS) is 10.5. The standard InChI is InChI=1S/C24H22N4O4/c1-30-18-9-4-6-15(10-18)24(29)28-17-8-5-7-16(11-17)27-23-19-12-21(31-2)22(32-3)13-20(19)25-14-26-23/h4-14H,1-3H3,(H,28,29)(H,25,26,27). The van der Waals surface area contributed by atoms with E-state index >= 15 is 0 Å². The molecule has 0 atom stereocenters. The Balaban J connectivity index is 1.59. The summed E-state index contributed by atoms with van der Waals surface area (Å²) in [5.41, 5.74) is 2.61. The van der Waals surface area contributed by atoms with Crippen molar-refractivity contribution in [3.63, 3.8) is 0 Å². The summed E-state index contributed by atoms with van der Waals surface area (Å²) >= 11 is 0. The molecule has 1 aromatic heterocycles. The first-order valence-corrected chi connectivity index (χ1v) is 9.80. The summed E-state index contributed by atoms with van der Waals surface area (Å²) in [4.78, 5) is 21.3. The molecule has 0 spiro atoms. The third-order valence-electron chi connectivity index (χ3n) is 4.86. The minimum Gasteiger partial charge on any atom is -0.497 e. The first kappa shape index (κ1) is 20.9. The zero-order valence-electron chi connectivity index (χ0n) is 17.9. The molecule has 0 saturated carbocycles. The van der Waals surface area contributed by atoms with E-state index in [2.05, 4.69) is 20.6 Å². The summed E-state index contributed by atoms with van der Waals surface area (Å²) in [7, 11) is 4.72. The van der Waals surface area contributed by atoms with Gasteiger partial charge in [-0.25, -0.2) is 9.97 Å². The number of fused-ring (bicyclic) bond motifs is 1. The molecule has 32 heavy (non-hydrogen) atoms. The van der Waals surface area contributed by atoms with Crippen molar-refractivity contribution in [3.8, 4) is 17.2 Å². The van der Waals surface area contributed by atoms with Crippen LogP contribution in [0.1, 0.15) is 10.4 Å². The Morgan fingerprint density at radius 3 is 2.34 bits per heavy atom. The van der Waals surface area contributed by atoms with Crippen molar-refractivity contribution < 1.29 is 19.0 Å². The van der Waals surface area contributed by atoms with Gasteiger partial charge in [-0.2, -0.15) is 0 Å². The van der Waals surface area contributed by atoms with Crippen LogP contribution < -0.4 is 24.8 Å². The summed E-state index contributed by atoms with van der Waals surface area (Å²) < 4.78 is 15.9. The number of aromatic nitrogens is 2. The predicted octanol–water partition coefficient (Wildman–Crippen LogP) is 4.65. The van der Waals surface area contributed by atoms with E-state index in [1.54, 1.807) is 51.7 Å². The summed E-state index contributed by atoms with van der Waals surface area (Å²) in [6.07, 6.45) is 1.48. The zero-order chi connectivity index (χ0) is 22.5. The highest BCUT2D eigenvalue weighted by atomic mass is 16.5. The van der Waals surface area contributed by atoms with Crippen LogP contribution in [0.15, 0.2) is 67.0 Å². The number of rotatable bonds is 7. The van der Waals surface area contributed by atoms with E-state index in [0.29, 0.717) is 39.8 Å².